The summed E-state index contributed by atoms with van der Waals surface area (Å²) in [5, 5.41) is 4.96. The number of amides is 1. The largest absolute Gasteiger partial charge is 0.496 e. The molecule has 0 radical (unpaired) electrons. The summed E-state index contributed by atoms with van der Waals surface area (Å²) < 4.78 is 5.32. The van der Waals surface area contributed by atoms with Crippen LogP contribution in [0.1, 0.15) is 27.7 Å². The lowest BCUT2D eigenvalue weighted by Gasteiger charge is -2.10. The Morgan fingerprint density at radius 1 is 1.29 bits per heavy atom. The maximum Gasteiger partial charge on any atom is 0.230 e. The lowest BCUT2D eigenvalue weighted by molar-refractivity contribution is -0.118. The second-order valence-electron chi connectivity index (χ2n) is 5.25. The lowest BCUT2D eigenvalue weighted by atomic mass is 10.1. The van der Waals surface area contributed by atoms with Gasteiger partial charge in [0, 0.05) is 28.3 Å². The van der Waals surface area contributed by atoms with Crippen molar-refractivity contribution in [3.05, 3.63) is 51.7 Å². The summed E-state index contributed by atoms with van der Waals surface area (Å²) in [6, 6.07) is 9.48. The number of hydrogen-bond donors (Lipinski definition) is 1. The Morgan fingerprint density at radius 2 is 2.12 bits per heavy atom. The first-order valence-corrected chi connectivity index (χ1v) is 9.68. The molecular formula is C18H21NO3S2. The highest BCUT2D eigenvalue weighted by molar-refractivity contribution is 7.99. The van der Waals surface area contributed by atoms with Crippen LogP contribution >= 0.6 is 23.1 Å². The van der Waals surface area contributed by atoms with Crippen LogP contribution in [-0.2, 0) is 17.0 Å². The third kappa shape index (κ3) is 5.69. The molecule has 0 fully saturated rings. The Kier molecular flexibility index (Phi) is 7.34. The van der Waals surface area contributed by atoms with E-state index in [-0.39, 0.29) is 11.7 Å². The number of methoxy groups -OCH3 is 1. The van der Waals surface area contributed by atoms with Crippen molar-refractivity contribution in [3.63, 3.8) is 0 Å². The summed E-state index contributed by atoms with van der Waals surface area (Å²) >= 11 is 3.21. The van der Waals surface area contributed by atoms with Crippen molar-refractivity contribution in [1.82, 2.24) is 5.32 Å². The van der Waals surface area contributed by atoms with E-state index in [1.54, 1.807) is 37.5 Å². The van der Waals surface area contributed by atoms with Crippen LogP contribution in [0.15, 0.2) is 35.7 Å². The van der Waals surface area contributed by atoms with Gasteiger partial charge >= 0.3 is 0 Å². The third-order valence-electron chi connectivity index (χ3n) is 3.45. The average Bonchev–Trinajstić information content (AvgIpc) is 3.08. The van der Waals surface area contributed by atoms with Crippen LogP contribution in [0.5, 0.6) is 5.75 Å². The van der Waals surface area contributed by atoms with Crippen LogP contribution < -0.4 is 10.1 Å². The first-order valence-electron chi connectivity index (χ1n) is 7.65. The number of thiophene rings is 1. The molecule has 0 atom stereocenters. The molecular weight excluding hydrogens is 342 g/mol. The number of hydrogen-bond acceptors (Lipinski definition) is 5. The van der Waals surface area contributed by atoms with Crippen LogP contribution in [0.3, 0.4) is 0 Å². The Balaban J connectivity index is 1.77. The molecule has 1 amide bonds. The average molecular weight is 364 g/mol. The Hall–Kier alpha value is -1.79. The van der Waals surface area contributed by atoms with Crippen molar-refractivity contribution >= 4 is 34.8 Å². The van der Waals surface area contributed by atoms with Gasteiger partial charge in [-0.05, 0) is 43.0 Å². The second-order valence-corrected chi connectivity index (χ2v) is 7.27. The molecule has 1 aromatic carbocycles. The van der Waals surface area contributed by atoms with E-state index in [2.05, 4.69) is 11.4 Å². The summed E-state index contributed by atoms with van der Waals surface area (Å²) in [7, 11) is 1.61. The van der Waals surface area contributed by atoms with E-state index in [9.17, 15) is 9.59 Å². The van der Waals surface area contributed by atoms with Crippen molar-refractivity contribution in [2.45, 2.75) is 19.1 Å². The van der Waals surface area contributed by atoms with E-state index in [0.29, 0.717) is 23.6 Å². The van der Waals surface area contributed by atoms with Crippen molar-refractivity contribution in [3.8, 4) is 5.75 Å². The molecule has 0 bridgehead atoms. The zero-order valence-electron chi connectivity index (χ0n) is 13.8. The monoisotopic (exact) mass is 363 g/mol. The molecule has 0 aliphatic carbocycles. The molecule has 0 aliphatic heterocycles. The van der Waals surface area contributed by atoms with Gasteiger partial charge in [0.15, 0.2) is 5.78 Å². The van der Waals surface area contributed by atoms with Gasteiger partial charge in [-0.15, -0.1) is 23.1 Å². The molecule has 4 nitrogen and oxygen atoms in total. The SMILES string of the molecule is COc1ccc(C(C)=O)cc1CSCC(=O)NCCc1cccs1. The van der Waals surface area contributed by atoms with Gasteiger partial charge in [-0.25, -0.2) is 0 Å². The normalized spacial score (nSPS) is 10.4. The zero-order valence-corrected chi connectivity index (χ0v) is 15.5. The highest BCUT2D eigenvalue weighted by Gasteiger charge is 2.09. The van der Waals surface area contributed by atoms with Crippen molar-refractivity contribution in [2.24, 2.45) is 0 Å². The molecule has 1 aromatic heterocycles. The standard InChI is InChI=1S/C18H21NO3S2/c1-13(20)14-5-6-17(22-2)15(10-14)11-23-12-18(21)19-8-7-16-4-3-9-24-16/h3-6,9-10H,7-8,11-12H2,1-2H3,(H,19,21). The van der Waals surface area contributed by atoms with E-state index in [1.165, 1.54) is 16.6 Å². The van der Waals surface area contributed by atoms with Crippen LogP contribution in [0.25, 0.3) is 0 Å². The van der Waals surface area contributed by atoms with Gasteiger partial charge in [0.2, 0.25) is 5.91 Å². The summed E-state index contributed by atoms with van der Waals surface area (Å²) in [5.74, 6) is 1.81. The minimum atomic E-state index is 0.0234. The Bertz CT molecular complexity index is 684. The predicted octanol–water partition coefficient (Wildman–Crippen LogP) is 3.55. The second kappa shape index (κ2) is 9.49. The van der Waals surface area contributed by atoms with Crippen LogP contribution in [0, 0.1) is 0 Å². The highest BCUT2D eigenvalue weighted by atomic mass is 32.2. The molecule has 0 saturated carbocycles. The number of Topliss-reactive ketones (excluding diaryl/α,β-unsaturated/α-hetero) is 1. The molecule has 2 rings (SSSR count). The van der Waals surface area contributed by atoms with E-state index in [0.717, 1.165) is 17.7 Å². The van der Waals surface area contributed by atoms with E-state index in [1.807, 2.05) is 17.5 Å². The molecule has 24 heavy (non-hydrogen) atoms. The summed E-state index contributed by atoms with van der Waals surface area (Å²) in [5.41, 5.74) is 1.59. The van der Waals surface area contributed by atoms with E-state index in [4.69, 9.17) is 4.74 Å². The number of rotatable bonds is 9. The minimum absolute atomic E-state index is 0.0234. The fourth-order valence-corrected chi connectivity index (χ4v) is 3.74. The van der Waals surface area contributed by atoms with Gasteiger partial charge in [0.1, 0.15) is 5.75 Å². The highest BCUT2D eigenvalue weighted by Crippen LogP contribution is 2.24. The van der Waals surface area contributed by atoms with Gasteiger partial charge in [0.25, 0.3) is 0 Å². The summed E-state index contributed by atoms with van der Waals surface area (Å²) in [6.45, 7) is 2.20. The summed E-state index contributed by atoms with van der Waals surface area (Å²) in [4.78, 5) is 24.6. The fraction of sp³-hybridized carbons (Fsp3) is 0.333. The Morgan fingerprint density at radius 3 is 2.79 bits per heavy atom. The maximum atomic E-state index is 11.9. The fourth-order valence-electron chi connectivity index (χ4n) is 2.20. The number of carbonyl (C=O) groups is 2. The minimum Gasteiger partial charge on any atom is -0.496 e. The van der Waals surface area contributed by atoms with Gasteiger partial charge < -0.3 is 10.1 Å². The molecule has 0 spiro atoms. The number of ketones is 1. The zero-order chi connectivity index (χ0) is 17.4. The smallest absolute Gasteiger partial charge is 0.230 e. The van der Waals surface area contributed by atoms with Crippen molar-refractivity contribution < 1.29 is 14.3 Å². The van der Waals surface area contributed by atoms with Gasteiger partial charge in [-0.3, -0.25) is 9.59 Å². The first kappa shape index (κ1) is 18.5. The third-order valence-corrected chi connectivity index (χ3v) is 5.37. The Labute approximate surface area is 150 Å². The van der Waals surface area contributed by atoms with Crippen molar-refractivity contribution in [2.75, 3.05) is 19.4 Å². The van der Waals surface area contributed by atoms with E-state index < -0.39 is 0 Å². The predicted molar refractivity (Wildman–Crippen MR) is 100 cm³/mol. The lowest BCUT2D eigenvalue weighted by Crippen LogP contribution is -2.27. The van der Waals surface area contributed by atoms with Crippen LogP contribution in [0.2, 0.25) is 0 Å². The van der Waals surface area contributed by atoms with Gasteiger partial charge in [-0.2, -0.15) is 0 Å². The molecule has 1 N–H and O–H groups in total. The number of ether oxygens (including phenoxy) is 1. The van der Waals surface area contributed by atoms with Gasteiger partial charge in [-0.1, -0.05) is 6.07 Å². The molecule has 0 saturated heterocycles. The molecule has 0 aliphatic rings. The number of nitrogens with one attached hydrogen (secondary N) is 1. The number of carbonyl (C=O) groups excluding carboxylic acids is 2. The van der Waals surface area contributed by atoms with Crippen LogP contribution in [-0.4, -0.2) is 31.1 Å². The maximum absolute atomic E-state index is 11.9. The van der Waals surface area contributed by atoms with Crippen LogP contribution in [0.4, 0.5) is 0 Å². The first-order chi connectivity index (χ1) is 11.6. The molecule has 1 heterocycles. The number of thioether (sulfide) groups is 1. The molecule has 6 heteroatoms. The molecule has 128 valence electrons. The molecule has 0 unspecified atom stereocenters. The molecule has 2 aromatic rings. The quantitative estimate of drug-likeness (QED) is 0.692. The topological polar surface area (TPSA) is 55.4 Å². The summed E-state index contributed by atoms with van der Waals surface area (Å²) in [6.07, 6.45) is 0.864. The van der Waals surface area contributed by atoms with Gasteiger partial charge in [0.05, 0.1) is 12.9 Å². The number of benzene rings is 1. The van der Waals surface area contributed by atoms with Crippen molar-refractivity contribution in [1.29, 1.82) is 0 Å². The van der Waals surface area contributed by atoms with E-state index >= 15 is 0 Å².